The van der Waals surface area contributed by atoms with Crippen LogP contribution >= 0.6 is 15.9 Å². The van der Waals surface area contributed by atoms with E-state index in [1.165, 1.54) is 19.1 Å². The van der Waals surface area contributed by atoms with Crippen molar-refractivity contribution in [3.63, 3.8) is 0 Å². The molecule has 0 spiro atoms. The zero-order valence-electron chi connectivity index (χ0n) is 12.8. The van der Waals surface area contributed by atoms with Crippen molar-refractivity contribution in [1.82, 2.24) is 4.72 Å². The summed E-state index contributed by atoms with van der Waals surface area (Å²) in [5.74, 6) is -0.691. The van der Waals surface area contributed by atoms with Crippen LogP contribution in [0.1, 0.15) is 26.2 Å². The Labute approximate surface area is 144 Å². The van der Waals surface area contributed by atoms with Gasteiger partial charge in [-0.2, -0.15) is 0 Å². The Morgan fingerprint density at radius 2 is 2.09 bits per heavy atom. The Morgan fingerprint density at radius 3 is 2.70 bits per heavy atom. The molecule has 1 amide bonds. The van der Waals surface area contributed by atoms with E-state index in [0.717, 1.165) is 23.7 Å². The summed E-state index contributed by atoms with van der Waals surface area (Å²) < 4.78 is 38.0. The van der Waals surface area contributed by atoms with Crippen molar-refractivity contribution in [2.24, 2.45) is 0 Å². The number of amides is 1. The monoisotopic (exact) mass is 405 g/mol. The van der Waals surface area contributed by atoms with Gasteiger partial charge in [0.05, 0.1) is 17.6 Å². The summed E-state index contributed by atoms with van der Waals surface area (Å²) >= 11 is 3.23. The van der Waals surface area contributed by atoms with Crippen molar-refractivity contribution >= 4 is 31.9 Å². The van der Waals surface area contributed by atoms with Gasteiger partial charge in [0, 0.05) is 11.1 Å². The highest BCUT2D eigenvalue weighted by Gasteiger charge is 2.23. The molecule has 128 valence electrons. The molecule has 1 aromatic rings. The maximum absolute atomic E-state index is 12.1. The molecule has 0 aliphatic carbocycles. The maximum Gasteiger partial charge on any atom is 0.264 e. The lowest BCUT2D eigenvalue weighted by Gasteiger charge is -2.23. The highest BCUT2D eigenvalue weighted by molar-refractivity contribution is 9.10. The van der Waals surface area contributed by atoms with Crippen LogP contribution in [0, 0.1) is 0 Å². The van der Waals surface area contributed by atoms with Crippen molar-refractivity contribution in [2.45, 2.75) is 43.3 Å². The van der Waals surface area contributed by atoms with Gasteiger partial charge in [0.15, 0.2) is 0 Å². The van der Waals surface area contributed by atoms with Gasteiger partial charge in [-0.25, -0.2) is 13.1 Å². The van der Waals surface area contributed by atoms with E-state index in [9.17, 15) is 13.2 Å². The van der Waals surface area contributed by atoms with E-state index in [1.54, 1.807) is 12.1 Å². The van der Waals surface area contributed by atoms with Gasteiger partial charge in [0.25, 0.3) is 15.9 Å². The van der Waals surface area contributed by atoms with E-state index < -0.39 is 22.0 Å². The Hall–Kier alpha value is -0.960. The Morgan fingerprint density at radius 1 is 1.39 bits per heavy atom. The van der Waals surface area contributed by atoms with E-state index in [2.05, 4.69) is 15.9 Å². The number of hydrogen-bond donors (Lipinski definition) is 1. The molecule has 0 bridgehead atoms. The molecule has 1 aromatic carbocycles. The van der Waals surface area contributed by atoms with Crippen molar-refractivity contribution in [3.05, 3.63) is 28.7 Å². The fourth-order valence-corrected chi connectivity index (χ4v) is 3.46. The molecule has 0 radical (unpaired) electrons. The van der Waals surface area contributed by atoms with Gasteiger partial charge in [-0.3, -0.25) is 4.79 Å². The summed E-state index contributed by atoms with van der Waals surface area (Å²) in [6, 6.07) is 6.03. The number of halogens is 1. The van der Waals surface area contributed by atoms with Crippen LogP contribution in [0.2, 0.25) is 0 Å². The third-order valence-corrected chi connectivity index (χ3v) is 5.43. The maximum atomic E-state index is 12.1. The third kappa shape index (κ3) is 5.56. The average molecular weight is 406 g/mol. The smallest absolute Gasteiger partial charge is 0.264 e. The van der Waals surface area contributed by atoms with E-state index in [-0.39, 0.29) is 17.6 Å². The number of rotatable bonds is 6. The van der Waals surface area contributed by atoms with Crippen LogP contribution in [0.4, 0.5) is 0 Å². The molecular weight excluding hydrogens is 386 g/mol. The Bertz CT molecular complexity index is 626. The molecule has 6 nitrogen and oxygen atoms in total. The molecule has 1 fully saturated rings. The molecular formula is C15H20BrNO5S. The minimum Gasteiger partial charge on any atom is -0.376 e. The average Bonchev–Trinajstić information content (AvgIpc) is 2.53. The summed E-state index contributed by atoms with van der Waals surface area (Å²) in [6.07, 6.45) is 2.11. The van der Waals surface area contributed by atoms with Gasteiger partial charge >= 0.3 is 0 Å². The van der Waals surface area contributed by atoms with Crippen LogP contribution in [0.25, 0.3) is 0 Å². The number of nitrogens with one attached hydrogen (secondary N) is 1. The summed E-state index contributed by atoms with van der Waals surface area (Å²) in [7, 11) is -3.90. The topological polar surface area (TPSA) is 81.7 Å². The first-order valence-electron chi connectivity index (χ1n) is 7.44. The lowest BCUT2D eigenvalue weighted by atomic mass is 10.1. The quantitative estimate of drug-likeness (QED) is 0.784. The lowest BCUT2D eigenvalue weighted by molar-refractivity contribution is -0.133. The second-order valence-corrected chi connectivity index (χ2v) is 7.99. The molecule has 2 rings (SSSR count). The molecule has 0 aromatic heterocycles. The summed E-state index contributed by atoms with van der Waals surface area (Å²) in [5, 5.41) is 0. The summed E-state index contributed by atoms with van der Waals surface area (Å²) in [6.45, 7) is 2.51. The van der Waals surface area contributed by atoms with Gasteiger partial charge in [-0.1, -0.05) is 15.9 Å². The van der Waals surface area contributed by atoms with Crippen LogP contribution in [-0.4, -0.2) is 39.7 Å². The zero-order valence-corrected chi connectivity index (χ0v) is 15.2. The highest BCUT2D eigenvalue weighted by Crippen LogP contribution is 2.15. The summed E-state index contributed by atoms with van der Waals surface area (Å²) in [4.78, 5) is 12.0. The molecule has 0 saturated carbocycles. The van der Waals surface area contributed by atoms with Crippen molar-refractivity contribution in [2.75, 3.05) is 13.2 Å². The normalized spacial score (nSPS) is 20.0. The first-order valence-corrected chi connectivity index (χ1v) is 9.71. The number of carbonyl (C=O) groups is 1. The minimum absolute atomic E-state index is 0.0249. The third-order valence-electron chi connectivity index (χ3n) is 3.53. The van der Waals surface area contributed by atoms with Crippen LogP contribution in [0.5, 0.6) is 0 Å². The van der Waals surface area contributed by atoms with Gasteiger partial charge < -0.3 is 9.47 Å². The Kier molecular flexibility index (Phi) is 6.58. The van der Waals surface area contributed by atoms with Crippen LogP contribution in [-0.2, 0) is 24.3 Å². The zero-order chi connectivity index (χ0) is 16.9. The van der Waals surface area contributed by atoms with E-state index in [1.807, 2.05) is 4.72 Å². The Balaban J connectivity index is 1.87. The number of benzene rings is 1. The molecule has 23 heavy (non-hydrogen) atoms. The lowest BCUT2D eigenvalue weighted by Crippen LogP contribution is -2.40. The van der Waals surface area contributed by atoms with Gasteiger partial charge in [0.2, 0.25) is 0 Å². The second-order valence-electron chi connectivity index (χ2n) is 5.39. The van der Waals surface area contributed by atoms with Crippen molar-refractivity contribution < 1.29 is 22.7 Å². The van der Waals surface area contributed by atoms with Crippen LogP contribution in [0.15, 0.2) is 33.6 Å². The second kappa shape index (κ2) is 8.23. The van der Waals surface area contributed by atoms with Gasteiger partial charge in [0.1, 0.15) is 6.10 Å². The molecule has 1 N–H and O–H groups in total. The highest BCUT2D eigenvalue weighted by atomic mass is 79.9. The van der Waals surface area contributed by atoms with Crippen molar-refractivity contribution in [3.8, 4) is 0 Å². The molecule has 1 aliphatic rings. The van der Waals surface area contributed by atoms with Crippen molar-refractivity contribution in [1.29, 1.82) is 0 Å². The molecule has 0 unspecified atom stereocenters. The standard InChI is InChI=1S/C15H20BrNO5S/c1-11(22-10-13-4-2-3-9-21-13)15(18)17-23(19,20)14-7-5-12(16)6-8-14/h5-8,11,13H,2-4,9-10H2,1H3,(H,17,18)/t11-,13+/m1/s1. The largest absolute Gasteiger partial charge is 0.376 e. The number of carbonyl (C=O) groups excluding carboxylic acids is 1. The van der Waals surface area contributed by atoms with E-state index in [0.29, 0.717) is 6.61 Å². The predicted octanol–water partition coefficient (Wildman–Crippen LogP) is 2.23. The van der Waals surface area contributed by atoms with Crippen LogP contribution in [0.3, 0.4) is 0 Å². The predicted molar refractivity (Wildman–Crippen MR) is 88.5 cm³/mol. The first-order chi connectivity index (χ1) is 10.9. The molecule has 1 heterocycles. The number of hydrogen-bond acceptors (Lipinski definition) is 5. The van der Waals surface area contributed by atoms with E-state index >= 15 is 0 Å². The minimum atomic E-state index is -3.90. The number of sulfonamides is 1. The summed E-state index contributed by atoms with van der Waals surface area (Å²) in [5.41, 5.74) is 0. The van der Waals surface area contributed by atoms with E-state index in [4.69, 9.17) is 9.47 Å². The number of ether oxygens (including phenoxy) is 2. The first kappa shape index (κ1) is 18.4. The van der Waals surface area contributed by atoms with Crippen LogP contribution < -0.4 is 4.72 Å². The fourth-order valence-electron chi connectivity index (χ4n) is 2.15. The van der Waals surface area contributed by atoms with Gasteiger partial charge in [-0.05, 0) is 50.5 Å². The van der Waals surface area contributed by atoms with Gasteiger partial charge in [-0.15, -0.1) is 0 Å². The fraction of sp³-hybridized carbons (Fsp3) is 0.533. The molecule has 1 aliphatic heterocycles. The molecule has 8 heteroatoms. The molecule has 2 atom stereocenters. The molecule has 1 saturated heterocycles. The SMILES string of the molecule is C[C@@H](OC[C@@H]1CCCCO1)C(=O)NS(=O)(=O)c1ccc(Br)cc1.